The molecule has 1 fully saturated rings. The highest BCUT2D eigenvalue weighted by atomic mass is 16.5. The maximum absolute atomic E-state index is 13.5. The van der Waals surface area contributed by atoms with Crippen LogP contribution in [0, 0.1) is 12.3 Å². The lowest BCUT2D eigenvalue weighted by molar-refractivity contribution is -0.145. The van der Waals surface area contributed by atoms with Gasteiger partial charge in [-0.1, -0.05) is 30.3 Å². The third-order valence-corrected chi connectivity index (χ3v) is 5.54. The number of hydrogen-bond acceptors (Lipinski definition) is 4. The van der Waals surface area contributed by atoms with Crippen LogP contribution in [-0.4, -0.2) is 30.7 Å². The quantitative estimate of drug-likeness (QED) is 0.520. The SMILES string of the molecule is COC(=O)C1(C(=O)n2cc(C)c3ccccc32)CC1c1ccc(OC)cc1. The molecule has 5 heteroatoms. The summed E-state index contributed by atoms with van der Waals surface area (Å²) in [5.74, 6) is -0.186. The van der Waals surface area contributed by atoms with Crippen molar-refractivity contribution in [2.24, 2.45) is 5.41 Å². The fraction of sp³-hybridized carbons (Fsp3) is 0.273. The van der Waals surface area contributed by atoms with Gasteiger partial charge in [0.1, 0.15) is 5.75 Å². The van der Waals surface area contributed by atoms with Gasteiger partial charge >= 0.3 is 5.97 Å². The summed E-state index contributed by atoms with van der Waals surface area (Å²) in [6.45, 7) is 1.96. The van der Waals surface area contributed by atoms with Crippen LogP contribution in [0.15, 0.2) is 54.7 Å². The summed E-state index contributed by atoms with van der Waals surface area (Å²) >= 11 is 0. The molecule has 2 atom stereocenters. The number of nitrogens with zero attached hydrogens (tertiary/aromatic N) is 1. The number of rotatable bonds is 4. The number of methoxy groups -OCH3 is 2. The van der Waals surface area contributed by atoms with Gasteiger partial charge in [-0.2, -0.15) is 0 Å². The highest BCUT2D eigenvalue weighted by Crippen LogP contribution is 2.61. The smallest absolute Gasteiger partial charge is 0.322 e. The molecule has 0 N–H and O–H groups in total. The van der Waals surface area contributed by atoms with E-state index < -0.39 is 11.4 Å². The third kappa shape index (κ3) is 2.53. The number of fused-ring (bicyclic) bond motifs is 1. The molecule has 2 aromatic carbocycles. The van der Waals surface area contributed by atoms with E-state index in [0.717, 1.165) is 27.8 Å². The van der Waals surface area contributed by atoms with Gasteiger partial charge in [-0.3, -0.25) is 14.2 Å². The molecule has 0 spiro atoms. The number of aryl methyl sites for hydroxylation is 1. The topological polar surface area (TPSA) is 57.5 Å². The number of esters is 1. The molecule has 2 unspecified atom stereocenters. The van der Waals surface area contributed by atoms with Crippen LogP contribution in [0.1, 0.15) is 28.3 Å². The lowest BCUT2D eigenvalue weighted by atomic mass is 9.97. The molecule has 5 nitrogen and oxygen atoms in total. The number of hydrogen-bond donors (Lipinski definition) is 0. The minimum absolute atomic E-state index is 0.204. The van der Waals surface area contributed by atoms with E-state index in [-0.39, 0.29) is 11.8 Å². The summed E-state index contributed by atoms with van der Waals surface area (Å²) in [5.41, 5.74) is 1.56. The van der Waals surface area contributed by atoms with Crippen molar-refractivity contribution in [2.75, 3.05) is 14.2 Å². The maximum Gasteiger partial charge on any atom is 0.322 e. The van der Waals surface area contributed by atoms with Crippen molar-refractivity contribution in [3.05, 3.63) is 65.9 Å². The van der Waals surface area contributed by atoms with Gasteiger partial charge in [0.2, 0.25) is 5.91 Å². The Balaban J connectivity index is 1.77. The summed E-state index contributed by atoms with van der Waals surface area (Å²) < 4.78 is 11.8. The molecule has 27 heavy (non-hydrogen) atoms. The lowest BCUT2D eigenvalue weighted by Gasteiger charge is -2.16. The highest BCUT2D eigenvalue weighted by Gasteiger charge is 2.67. The Morgan fingerprint density at radius 2 is 1.78 bits per heavy atom. The Hall–Kier alpha value is -3.08. The summed E-state index contributed by atoms with van der Waals surface area (Å²) in [6.07, 6.45) is 2.25. The van der Waals surface area contributed by atoms with E-state index in [2.05, 4.69) is 0 Å². The van der Waals surface area contributed by atoms with Gasteiger partial charge in [0.15, 0.2) is 5.41 Å². The molecular formula is C22H21NO4. The zero-order valence-corrected chi connectivity index (χ0v) is 15.6. The predicted octanol–water partition coefficient (Wildman–Crippen LogP) is 3.95. The fourth-order valence-corrected chi connectivity index (χ4v) is 3.97. The molecule has 1 aromatic heterocycles. The molecule has 0 amide bonds. The summed E-state index contributed by atoms with van der Waals surface area (Å²) in [5, 5.41) is 1.01. The first kappa shape index (κ1) is 17.3. The van der Waals surface area contributed by atoms with Crippen LogP contribution in [0.5, 0.6) is 5.75 Å². The second kappa shape index (κ2) is 6.27. The van der Waals surface area contributed by atoms with Gasteiger partial charge in [-0.25, -0.2) is 0 Å². The molecule has 3 aromatic rings. The van der Waals surface area contributed by atoms with E-state index in [9.17, 15) is 9.59 Å². The molecule has 0 radical (unpaired) electrons. The third-order valence-electron chi connectivity index (χ3n) is 5.54. The molecule has 1 heterocycles. The van der Waals surface area contributed by atoms with Crippen LogP contribution < -0.4 is 4.74 Å². The van der Waals surface area contributed by atoms with Gasteiger partial charge in [0.25, 0.3) is 0 Å². The summed E-state index contributed by atoms with van der Waals surface area (Å²) in [4.78, 5) is 26.2. The van der Waals surface area contributed by atoms with Crippen LogP contribution in [0.3, 0.4) is 0 Å². The van der Waals surface area contributed by atoms with Crippen LogP contribution in [0.2, 0.25) is 0 Å². The maximum atomic E-state index is 13.5. The highest BCUT2D eigenvalue weighted by molar-refractivity contribution is 6.11. The Labute approximate surface area is 157 Å². The molecular weight excluding hydrogens is 342 g/mol. The molecule has 1 aliphatic carbocycles. The second-order valence-electron chi connectivity index (χ2n) is 7.00. The lowest BCUT2D eigenvalue weighted by Crippen LogP contribution is -2.33. The standard InChI is InChI=1S/C22H21NO4/c1-14-13-23(19-7-5-4-6-17(14)19)20(24)22(21(25)27-3)12-18(22)15-8-10-16(26-2)11-9-15/h4-11,13,18H,12H2,1-3H3. The van der Waals surface area contributed by atoms with Crippen molar-refractivity contribution in [1.82, 2.24) is 4.57 Å². The van der Waals surface area contributed by atoms with Crippen molar-refractivity contribution >= 4 is 22.8 Å². The summed E-state index contributed by atoms with van der Waals surface area (Å²) in [7, 11) is 2.94. The number of ether oxygens (including phenoxy) is 2. The van der Waals surface area contributed by atoms with E-state index in [0.29, 0.717) is 6.42 Å². The number of benzene rings is 2. The van der Waals surface area contributed by atoms with Crippen molar-refractivity contribution in [3.63, 3.8) is 0 Å². The van der Waals surface area contributed by atoms with Gasteiger partial charge in [0.05, 0.1) is 19.7 Å². The number of carbonyl (C=O) groups excluding carboxylic acids is 2. The number of para-hydroxylation sites is 1. The average Bonchev–Trinajstić information content (AvgIpc) is 3.39. The van der Waals surface area contributed by atoms with Gasteiger partial charge in [-0.05, 0) is 42.7 Å². The van der Waals surface area contributed by atoms with Gasteiger partial charge in [-0.15, -0.1) is 0 Å². The first-order chi connectivity index (χ1) is 13.0. The van der Waals surface area contributed by atoms with Crippen molar-refractivity contribution in [1.29, 1.82) is 0 Å². The second-order valence-corrected chi connectivity index (χ2v) is 7.00. The Morgan fingerprint density at radius 3 is 2.44 bits per heavy atom. The largest absolute Gasteiger partial charge is 0.497 e. The molecule has 138 valence electrons. The molecule has 0 aliphatic heterocycles. The predicted molar refractivity (Wildman–Crippen MR) is 102 cm³/mol. The Bertz CT molecular complexity index is 1030. The summed E-state index contributed by atoms with van der Waals surface area (Å²) in [6, 6.07) is 15.2. The van der Waals surface area contributed by atoms with Crippen LogP contribution in [0.4, 0.5) is 0 Å². The van der Waals surface area contributed by atoms with E-state index in [1.807, 2.05) is 55.5 Å². The van der Waals surface area contributed by atoms with Gasteiger partial charge < -0.3 is 9.47 Å². The van der Waals surface area contributed by atoms with Crippen molar-refractivity contribution < 1.29 is 19.1 Å². The first-order valence-electron chi connectivity index (χ1n) is 8.86. The number of carbonyl (C=O) groups is 2. The van der Waals surface area contributed by atoms with Crippen LogP contribution >= 0.6 is 0 Å². The van der Waals surface area contributed by atoms with Crippen molar-refractivity contribution in [3.8, 4) is 5.75 Å². The van der Waals surface area contributed by atoms with Crippen molar-refractivity contribution in [2.45, 2.75) is 19.3 Å². The minimum atomic E-state index is -1.18. The van der Waals surface area contributed by atoms with E-state index in [1.54, 1.807) is 17.9 Å². The van der Waals surface area contributed by atoms with Crippen LogP contribution in [-0.2, 0) is 9.53 Å². The fourth-order valence-electron chi connectivity index (χ4n) is 3.97. The Kier molecular flexibility index (Phi) is 4.02. The number of aromatic nitrogens is 1. The van der Waals surface area contributed by atoms with Gasteiger partial charge in [0, 0.05) is 17.5 Å². The normalized spacial score (nSPS) is 21.1. The molecule has 1 aliphatic rings. The minimum Gasteiger partial charge on any atom is -0.497 e. The molecule has 0 saturated heterocycles. The zero-order chi connectivity index (χ0) is 19.2. The molecule has 4 rings (SSSR count). The Morgan fingerprint density at radius 1 is 1.07 bits per heavy atom. The van der Waals surface area contributed by atoms with Crippen LogP contribution in [0.25, 0.3) is 10.9 Å². The molecule has 0 bridgehead atoms. The van der Waals surface area contributed by atoms with E-state index in [1.165, 1.54) is 7.11 Å². The van der Waals surface area contributed by atoms with E-state index >= 15 is 0 Å². The zero-order valence-electron chi connectivity index (χ0n) is 15.6. The first-order valence-corrected chi connectivity index (χ1v) is 8.86. The van der Waals surface area contributed by atoms with E-state index in [4.69, 9.17) is 9.47 Å². The monoisotopic (exact) mass is 363 g/mol. The molecule has 1 saturated carbocycles. The average molecular weight is 363 g/mol.